The fourth-order valence-electron chi connectivity index (χ4n) is 2.27. The maximum atomic E-state index is 5.96. The third kappa shape index (κ3) is 5.99. The number of nitrogens with zero attached hydrogens (tertiary/aromatic N) is 2. The highest BCUT2D eigenvalue weighted by Crippen LogP contribution is 2.17. The Morgan fingerprint density at radius 1 is 1.24 bits per heavy atom. The largest absolute Gasteiger partial charge is 0.489 e. The van der Waals surface area contributed by atoms with E-state index in [0.29, 0.717) is 19.0 Å². The standard InChI is InChI=1S/C19H26N4O2/c1-14-7-5-6-8-17(14)25-15(2)12-22-19(20-3)23-13-16-9-10-21-18(11-16)24-4/h5-11,15H,12-13H2,1-4H3,(H2,20,22,23). The predicted octanol–water partition coefficient (Wildman–Crippen LogP) is 2.53. The van der Waals surface area contributed by atoms with E-state index >= 15 is 0 Å². The number of nitrogens with one attached hydrogen (secondary N) is 2. The molecule has 1 unspecified atom stereocenters. The van der Waals surface area contributed by atoms with Crippen LogP contribution in [0, 0.1) is 6.92 Å². The van der Waals surface area contributed by atoms with E-state index in [4.69, 9.17) is 9.47 Å². The van der Waals surface area contributed by atoms with Crippen LogP contribution in [0.15, 0.2) is 47.6 Å². The Labute approximate surface area is 149 Å². The molecule has 0 saturated carbocycles. The van der Waals surface area contributed by atoms with E-state index in [1.54, 1.807) is 20.4 Å². The van der Waals surface area contributed by atoms with Crippen LogP contribution in [-0.2, 0) is 6.54 Å². The predicted molar refractivity (Wildman–Crippen MR) is 100 cm³/mol. The van der Waals surface area contributed by atoms with Gasteiger partial charge in [-0.05, 0) is 37.1 Å². The molecule has 134 valence electrons. The number of hydrogen-bond donors (Lipinski definition) is 2. The molecule has 0 aliphatic rings. The molecule has 2 rings (SSSR count). The van der Waals surface area contributed by atoms with Gasteiger partial charge in [0.25, 0.3) is 0 Å². The molecular formula is C19H26N4O2. The molecule has 0 radical (unpaired) electrons. The number of guanidine groups is 1. The van der Waals surface area contributed by atoms with Gasteiger partial charge in [0, 0.05) is 25.9 Å². The Kier molecular flexibility index (Phi) is 7.07. The SMILES string of the molecule is CN=C(NCc1ccnc(OC)c1)NCC(C)Oc1ccccc1C. The molecule has 6 heteroatoms. The topological polar surface area (TPSA) is 67.8 Å². The lowest BCUT2D eigenvalue weighted by Crippen LogP contribution is -2.41. The Hall–Kier alpha value is -2.76. The van der Waals surface area contributed by atoms with Gasteiger partial charge in [-0.15, -0.1) is 0 Å². The van der Waals surface area contributed by atoms with Crippen molar-refractivity contribution in [1.82, 2.24) is 15.6 Å². The van der Waals surface area contributed by atoms with Crippen molar-refractivity contribution in [1.29, 1.82) is 0 Å². The molecule has 0 spiro atoms. The number of aromatic nitrogens is 1. The monoisotopic (exact) mass is 342 g/mol. The minimum Gasteiger partial charge on any atom is -0.489 e. The molecule has 0 fully saturated rings. The minimum absolute atomic E-state index is 0.0145. The minimum atomic E-state index is 0.0145. The van der Waals surface area contributed by atoms with Crippen LogP contribution in [-0.4, -0.2) is 37.7 Å². The van der Waals surface area contributed by atoms with Crippen molar-refractivity contribution in [2.75, 3.05) is 20.7 Å². The summed E-state index contributed by atoms with van der Waals surface area (Å²) in [5, 5.41) is 6.54. The van der Waals surface area contributed by atoms with Gasteiger partial charge in [-0.1, -0.05) is 18.2 Å². The number of benzene rings is 1. The first-order chi connectivity index (χ1) is 12.1. The molecular weight excluding hydrogens is 316 g/mol. The van der Waals surface area contributed by atoms with Crippen LogP contribution >= 0.6 is 0 Å². The van der Waals surface area contributed by atoms with Crippen molar-refractivity contribution in [3.05, 3.63) is 53.7 Å². The second-order valence-corrected chi connectivity index (χ2v) is 5.71. The molecule has 0 aliphatic carbocycles. The number of pyridine rings is 1. The number of hydrogen-bond acceptors (Lipinski definition) is 4. The molecule has 25 heavy (non-hydrogen) atoms. The molecule has 1 atom stereocenters. The molecule has 6 nitrogen and oxygen atoms in total. The normalized spacial score (nSPS) is 12.4. The highest BCUT2D eigenvalue weighted by atomic mass is 16.5. The highest BCUT2D eigenvalue weighted by Gasteiger charge is 2.07. The van der Waals surface area contributed by atoms with Gasteiger partial charge in [0.2, 0.25) is 5.88 Å². The lowest BCUT2D eigenvalue weighted by Gasteiger charge is -2.18. The van der Waals surface area contributed by atoms with Crippen molar-refractivity contribution in [2.24, 2.45) is 4.99 Å². The van der Waals surface area contributed by atoms with Gasteiger partial charge in [0.15, 0.2) is 5.96 Å². The average molecular weight is 342 g/mol. The van der Waals surface area contributed by atoms with E-state index in [-0.39, 0.29) is 6.10 Å². The summed E-state index contributed by atoms with van der Waals surface area (Å²) in [5.74, 6) is 2.22. The van der Waals surface area contributed by atoms with Crippen molar-refractivity contribution in [3.8, 4) is 11.6 Å². The zero-order valence-corrected chi connectivity index (χ0v) is 15.2. The van der Waals surface area contributed by atoms with E-state index < -0.39 is 0 Å². The van der Waals surface area contributed by atoms with Gasteiger partial charge in [-0.2, -0.15) is 0 Å². The highest BCUT2D eigenvalue weighted by molar-refractivity contribution is 5.79. The van der Waals surface area contributed by atoms with Crippen molar-refractivity contribution in [2.45, 2.75) is 26.5 Å². The zero-order chi connectivity index (χ0) is 18.1. The maximum absolute atomic E-state index is 5.96. The van der Waals surface area contributed by atoms with Gasteiger partial charge < -0.3 is 20.1 Å². The third-order valence-electron chi connectivity index (χ3n) is 3.67. The number of ether oxygens (including phenoxy) is 2. The van der Waals surface area contributed by atoms with Crippen LogP contribution in [0.4, 0.5) is 0 Å². The van der Waals surface area contributed by atoms with E-state index in [2.05, 4.69) is 20.6 Å². The zero-order valence-electron chi connectivity index (χ0n) is 15.2. The summed E-state index contributed by atoms with van der Waals surface area (Å²) in [4.78, 5) is 8.33. The molecule has 1 aromatic heterocycles. The molecule has 0 bridgehead atoms. The summed E-state index contributed by atoms with van der Waals surface area (Å²) in [6, 6.07) is 11.8. The molecule has 2 aromatic rings. The summed E-state index contributed by atoms with van der Waals surface area (Å²) in [7, 11) is 3.35. The van der Waals surface area contributed by atoms with Gasteiger partial charge in [-0.25, -0.2) is 4.98 Å². The van der Waals surface area contributed by atoms with Crippen LogP contribution in [0.5, 0.6) is 11.6 Å². The number of aliphatic imine (C=N–C) groups is 1. The smallest absolute Gasteiger partial charge is 0.213 e. The van der Waals surface area contributed by atoms with E-state index in [0.717, 1.165) is 22.8 Å². The van der Waals surface area contributed by atoms with Crippen molar-refractivity contribution >= 4 is 5.96 Å². The average Bonchev–Trinajstić information content (AvgIpc) is 2.64. The summed E-state index contributed by atoms with van der Waals surface area (Å²) in [5.41, 5.74) is 2.20. The first kappa shape index (κ1) is 18.6. The summed E-state index contributed by atoms with van der Waals surface area (Å²) in [6.45, 7) is 5.35. The Morgan fingerprint density at radius 3 is 2.76 bits per heavy atom. The van der Waals surface area contributed by atoms with Crippen LogP contribution in [0.3, 0.4) is 0 Å². The molecule has 0 amide bonds. The Balaban J connectivity index is 1.80. The lowest BCUT2D eigenvalue weighted by atomic mass is 10.2. The van der Waals surface area contributed by atoms with Gasteiger partial charge >= 0.3 is 0 Å². The number of aryl methyl sites for hydroxylation is 1. The van der Waals surface area contributed by atoms with E-state index in [9.17, 15) is 0 Å². The second kappa shape index (κ2) is 9.52. The molecule has 0 saturated heterocycles. The summed E-state index contributed by atoms with van der Waals surface area (Å²) >= 11 is 0. The maximum Gasteiger partial charge on any atom is 0.213 e. The number of methoxy groups -OCH3 is 1. The number of rotatable bonds is 7. The van der Waals surface area contributed by atoms with Gasteiger partial charge in [-0.3, -0.25) is 4.99 Å². The summed E-state index contributed by atoms with van der Waals surface area (Å²) < 4.78 is 11.1. The lowest BCUT2D eigenvalue weighted by molar-refractivity contribution is 0.222. The molecule has 2 N–H and O–H groups in total. The van der Waals surface area contributed by atoms with Gasteiger partial charge in [0.1, 0.15) is 11.9 Å². The van der Waals surface area contributed by atoms with Crippen LogP contribution in [0.2, 0.25) is 0 Å². The van der Waals surface area contributed by atoms with Crippen molar-refractivity contribution < 1.29 is 9.47 Å². The van der Waals surface area contributed by atoms with E-state index in [1.165, 1.54) is 0 Å². The Morgan fingerprint density at radius 2 is 2.04 bits per heavy atom. The van der Waals surface area contributed by atoms with Crippen LogP contribution in [0.25, 0.3) is 0 Å². The number of para-hydroxylation sites is 1. The quantitative estimate of drug-likeness (QED) is 0.598. The summed E-state index contributed by atoms with van der Waals surface area (Å²) in [6.07, 6.45) is 1.74. The van der Waals surface area contributed by atoms with Gasteiger partial charge in [0.05, 0.1) is 13.7 Å². The third-order valence-corrected chi connectivity index (χ3v) is 3.67. The first-order valence-electron chi connectivity index (χ1n) is 8.28. The van der Waals surface area contributed by atoms with Crippen LogP contribution in [0.1, 0.15) is 18.1 Å². The fourth-order valence-corrected chi connectivity index (χ4v) is 2.27. The van der Waals surface area contributed by atoms with Crippen LogP contribution < -0.4 is 20.1 Å². The molecule has 1 aromatic carbocycles. The molecule has 0 aliphatic heterocycles. The Bertz CT molecular complexity index is 703. The van der Waals surface area contributed by atoms with E-state index in [1.807, 2.05) is 50.2 Å². The van der Waals surface area contributed by atoms with Crippen molar-refractivity contribution in [3.63, 3.8) is 0 Å². The molecule has 1 heterocycles. The first-order valence-corrected chi connectivity index (χ1v) is 8.28. The second-order valence-electron chi connectivity index (χ2n) is 5.71. The fraction of sp³-hybridized carbons (Fsp3) is 0.368.